The molecule has 1 unspecified atom stereocenters. The van der Waals surface area contributed by atoms with Crippen LogP contribution < -0.4 is 4.74 Å². The molecule has 4 nitrogen and oxygen atoms in total. The van der Waals surface area contributed by atoms with Gasteiger partial charge in [0.05, 0.1) is 0 Å². The van der Waals surface area contributed by atoms with Crippen LogP contribution in [0.4, 0.5) is 0 Å². The molecule has 3 aromatic rings. The van der Waals surface area contributed by atoms with E-state index in [-0.39, 0.29) is 6.04 Å². The lowest BCUT2D eigenvalue weighted by Crippen LogP contribution is -2.44. The number of carbonyl (C=O) groups is 1. The molecule has 4 heteroatoms. The van der Waals surface area contributed by atoms with Crippen molar-refractivity contribution in [2.24, 2.45) is 0 Å². The van der Waals surface area contributed by atoms with Crippen LogP contribution >= 0.6 is 0 Å². The zero-order valence-electron chi connectivity index (χ0n) is 19.8. The van der Waals surface area contributed by atoms with E-state index in [0.717, 1.165) is 42.7 Å². The minimum Gasteiger partial charge on any atom is -0.489 e. The maximum absolute atomic E-state index is 11.7. The predicted molar refractivity (Wildman–Crippen MR) is 133 cm³/mol. The topological polar surface area (TPSA) is 49.8 Å². The molecule has 0 saturated carbocycles. The summed E-state index contributed by atoms with van der Waals surface area (Å²) < 4.78 is 6.22. The summed E-state index contributed by atoms with van der Waals surface area (Å²) >= 11 is 0. The fraction of sp³-hybridized carbons (Fsp3) is 0.345. The van der Waals surface area contributed by atoms with Crippen LogP contribution in [0.1, 0.15) is 47.1 Å². The molecule has 3 aromatic carbocycles. The second-order valence-corrected chi connectivity index (χ2v) is 9.10. The van der Waals surface area contributed by atoms with E-state index in [9.17, 15) is 9.90 Å². The zero-order chi connectivity index (χ0) is 23.4. The first kappa shape index (κ1) is 23.1. The van der Waals surface area contributed by atoms with Crippen LogP contribution in [0.5, 0.6) is 5.75 Å². The van der Waals surface area contributed by atoms with Gasteiger partial charge in [-0.15, -0.1) is 0 Å². The Kier molecular flexibility index (Phi) is 7.14. The minimum absolute atomic E-state index is 0.381. The van der Waals surface area contributed by atoms with Crippen molar-refractivity contribution in [2.75, 3.05) is 6.54 Å². The molecule has 172 valence electrons. The standard InChI is InChI=1S/C29H33NO3/c1-20-16-25(17-21(2)27(20)18-30-15-8-7-14-28(30)29(31)32)33-19-24-12-9-13-26(22(24)3)23-10-5-4-6-11-23/h4-6,9-13,16-17,28H,7-8,14-15,18-19H2,1-3H3,(H,31,32). The molecule has 1 atom stereocenters. The summed E-state index contributed by atoms with van der Waals surface area (Å²) in [4.78, 5) is 13.8. The van der Waals surface area contributed by atoms with Gasteiger partial charge in [0.25, 0.3) is 0 Å². The second kappa shape index (κ2) is 10.2. The van der Waals surface area contributed by atoms with Gasteiger partial charge in [0.2, 0.25) is 0 Å². The molecule has 0 spiro atoms. The Bertz CT molecular complexity index is 1100. The summed E-state index contributed by atoms with van der Waals surface area (Å²) in [7, 11) is 0. The number of carboxylic acid groups (broad SMARTS) is 1. The van der Waals surface area contributed by atoms with E-state index in [1.54, 1.807) is 0 Å². The number of aryl methyl sites for hydroxylation is 2. The first-order chi connectivity index (χ1) is 15.9. The molecule has 0 radical (unpaired) electrons. The van der Waals surface area contributed by atoms with E-state index < -0.39 is 5.97 Å². The van der Waals surface area contributed by atoms with Gasteiger partial charge < -0.3 is 9.84 Å². The average molecular weight is 444 g/mol. The predicted octanol–water partition coefficient (Wildman–Crippen LogP) is 6.30. The van der Waals surface area contributed by atoms with Gasteiger partial charge in [0.1, 0.15) is 18.4 Å². The highest BCUT2D eigenvalue weighted by atomic mass is 16.5. The van der Waals surface area contributed by atoms with E-state index >= 15 is 0 Å². The van der Waals surface area contributed by atoms with E-state index in [2.05, 4.69) is 80.3 Å². The largest absolute Gasteiger partial charge is 0.489 e. The smallest absolute Gasteiger partial charge is 0.320 e. The fourth-order valence-electron chi connectivity index (χ4n) is 4.88. The van der Waals surface area contributed by atoms with Gasteiger partial charge in [0.15, 0.2) is 0 Å². The molecular formula is C29H33NO3. The summed E-state index contributed by atoms with van der Waals surface area (Å²) in [6, 6.07) is 20.6. The quantitative estimate of drug-likeness (QED) is 0.466. The fourth-order valence-corrected chi connectivity index (χ4v) is 4.88. The Morgan fingerprint density at radius 3 is 2.42 bits per heavy atom. The third-order valence-corrected chi connectivity index (χ3v) is 6.85. The molecule has 1 heterocycles. The van der Waals surface area contributed by atoms with Gasteiger partial charge >= 0.3 is 5.97 Å². The molecule has 33 heavy (non-hydrogen) atoms. The van der Waals surface area contributed by atoms with E-state index in [0.29, 0.717) is 13.2 Å². The van der Waals surface area contributed by atoms with Crippen molar-refractivity contribution in [3.8, 4) is 16.9 Å². The summed E-state index contributed by atoms with van der Waals surface area (Å²) in [6.45, 7) is 8.36. The van der Waals surface area contributed by atoms with Gasteiger partial charge in [-0.05, 0) is 91.2 Å². The lowest BCUT2D eigenvalue weighted by molar-refractivity contribution is -0.144. The first-order valence-corrected chi connectivity index (χ1v) is 11.8. The number of likely N-dealkylation sites (tertiary alicyclic amines) is 1. The van der Waals surface area contributed by atoms with Crippen molar-refractivity contribution in [1.82, 2.24) is 4.90 Å². The molecule has 0 aromatic heterocycles. The summed E-state index contributed by atoms with van der Waals surface area (Å²) in [5.74, 6) is 0.143. The Balaban J connectivity index is 1.49. The number of ether oxygens (including phenoxy) is 1. The lowest BCUT2D eigenvalue weighted by atomic mass is 9.96. The van der Waals surface area contributed by atoms with Crippen molar-refractivity contribution in [3.05, 3.63) is 88.5 Å². The molecule has 0 amide bonds. The number of piperidine rings is 1. The van der Waals surface area contributed by atoms with Gasteiger partial charge in [-0.1, -0.05) is 55.0 Å². The summed E-state index contributed by atoms with van der Waals surface area (Å²) in [6.07, 6.45) is 2.78. The SMILES string of the molecule is Cc1cc(OCc2cccc(-c3ccccc3)c2C)cc(C)c1CN1CCCCC1C(=O)O. The second-order valence-electron chi connectivity index (χ2n) is 9.10. The summed E-state index contributed by atoms with van der Waals surface area (Å²) in [5.41, 5.74) is 8.35. The third kappa shape index (κ3) is 5.28. The highest BCUT2D eigenvalue weighted by molar-refractivity contribution is 5.73. The molecule has 1 saturated heterocycles. The molecule has 1 aliphatic rings. The van der Waals surface area contributed by atoms with Crippen LogP contribution in [0.15, 0.2) is 60.7 Å². The van der Waals surface area contributed by atoms with Crippen LogP contribution in [0.3, 0.4) is 0 Å². The van der Waals surface area contributed by atoms with Crippen LogP contribution in [-0.2, 0) is 17.9 Å². The Morgan fingerprint density at radius 1 is 1.00 bits per heavy atom. The Morgan fingerprint density at radius 2 is 1.73 bits per heavy atom. The number of nitrogens with zero attached hydrogens (tertiary/aromatic N) is 1. The Labute approximate surface area is 196 Å². The molecule has 4 rings (SSSR count). The molecule has 0 aliphatic carbocycles. The number of aliphatic carboxylic acids is 1. The average Bonchev–Trinajstić information content (AvgIpc) is 2.81. The number of hydrogen-bond acceptors (Lipinski definition) is 3. The zero-order valence-corrected chi connectivity index (χ0v) is 19.8. The van der Waals surface area contributed by atoms with Gasteiger partial charge in [0, 0.05) is 6.54 Å². The lowest BCUT2D eigenvalue weighted by Gasteiger charge is -2.33. The van der Waals surface area contributed by atoms with Gasteiger partial charge in [-0.2, -0.15) is 0 Å². The maximum Gasteiger partial charge on any atom is 0.320 e. The molecular weight excluding hydrogens is 410 g/mol. The third-order valence-electron chi connectivity index (χ3n) is 6.85. The van der Waals surface area contributed by atoms with Crippen LogP contribution in [0, 0.1) is 20.8 Å². The maximum atomic E-state index is 11.7. The van der Waals surface area contributed by atoms with Crippen molar-refractivity contribution in [1.29, 1.82) is 0 Å². The van der Waals surface area contributed by atoms with Gasteiger partial charge in [-0.25, -0.2) is 0 Å². The highest BCUT2D eigenvalue weighted by Gasteiger charge is 2.29. The van der Waals surface area contributed by atoms with Crippen LogP contribution in [0.25, 0.3) is 11.1 Å². The van der Waals surface area contributed by atoms with Crippen LogP contribution in [0.2, 0.25) is 0 Å². The normalized spacial score (nSPS) is 16.5. The molecule has 0 bridgehead atoms. The molecule has 1 aliphatic heterocycles. The number of benzene rings is 3. The van der Waals surface area contributed by atoms with E-state index in [1.807, 2.05) is 6.07 Å². The molecule has 1 N–H and O–H groups in total. The number of rotatable bonds is 7. The van der Waals surface area contributed by atoms with E-state index in [4.69, 9.17) is 4.74 Å². The number of hydrogen-bond donors (Lipinski definition) is 1. The molecule has 1 fully saturated rings. The van der Waals surface area contributed by atoms with Crippen LogP contribution in [-0.4, -0.2) is 28.6 Å². The number of carboxylic acids is 1. The first-order valence-electron chi connectivity index (χ1n) is 11.8. The minimum atomic E-state index is -0.710. The highest BCUT2D eigenvalue weighted by Crippen LogP contribution is 2.29. The van der Waals surface area contributed by atoms with Crippen molar-refractivity contribution in [3.63, 3.8) is 0 Å². The van der Waals surface area contributed by atoms with Gasteiger partial charge in [-0.3, -0.25) is 9.69 Å². The summed E-state index contributed by atoms with van der Waals surface area (Å²) in [5, 5.41) is 9.60. The Hall–Kier alpha value is -3.11. The van der Waals surface area contributed by atoms with E-state index in [1.165, 1.54) is 27.8 Å². The van der Waals surface area contributed by atoms with Crippen molar-refractivity contribution >= 4 is 5.97 Å². The van der Waals surface area contributed by atoms with Crippen molar-refractivity contribution in [2.45, 2.75) is 59.2 Å². The van der Waals surface area contributed by atoms with Crippen molar-refractivity contribution < 1.29 is 14.6 Å². The monoisotopic (exact) mass is 443 g/mol.